The van der Waals surface area contributed by atoms with E-state index in [0.717, 1.165) is 13.0 Å². The van der Waals surface area contributed by atoms with Gasteiger partial charge in [0.25, 0.3) is 0 Å². The maximum Gasteiger partial charge on any atom is 0.0934 e. The summed E-state index contributed by atoms with van der Waals surface area (Å²) in [5.41, 5.74) is 1.62. The maximum atomic E-state index is 5.09. The van der Waals surface area contributed by atoms with E-state index < -0.39 is 0 Å². The Kier molecular flexibility index (Phi) is 5.07. The minimum atomic E-state index is 0.318. The molecule has 16 heavy (non-hydrogen) atoms. The molecule has 1 rings (SSSR count). The van der Waals surface area contributed by atoms with Crippen molar-refractivity contribution >= 4 is 0 Å². The predicted molar refractivity (Wildman–Crippen MR) is 68.6 cm³/mol. The first-order valence-corrected chi connectivity index (χ1v) is 6.28. The van der Waals surface area contributed by atoms with Crippen LogP contribution in [0.15, 0.2) is 23.0 Å². The zero-order valence-electron chi connectivity index (χ0n) is 11.0. The molecule has 1 N–H and O–H groups in total. The highest BCUT2D eigenvalue weighted by molar-refractivity contribution is 5.05. The van der Waals surface area contributed by atoms with E-state index in [1.165, 1.54) is 18.4 Å². The van der Waals surface area contributed by atoms with Crippen molar-refractivity contribution in [1.82, 2.24) is 5.32 Å². The van der Waals surface area contributed by atoms with Crippen LogP contribution in [0.2, 0.25) is 0 Å². The average Bonchev–Trinajstić information content (AvgIpc) is 2.68. The minimum absolute atomic E-state index is 0.318. The summed E-state index contributed by atoms with van der Waals surface area (Å²) in [6.07, 6.45) is 7.05. The van der Waals surface area contributed by atoms with Gasteiger partial charge in [-0.05, 0) is 42.9 Å². The van der Waals surface area contributed by atoms with Crippen LogP contribution in [0.4, 0.5) is 0 Å². The van der Waals surface area contributed by atoms with E-state index in [2.05, 4.69) is 39.1 Å². The number of rotatable bonds is 6. The topological polar surface area (TPSA) is 25.2 Å². The quantitative estimate of drug-likeness (QED) is 0.796. The lowest BCUT2D eigenvalue weighted by molar-refractivity contribution is 0.255. The van der Waals surface area contributed by atoms with E-state index in [1.54, 1.807) is 6.26 Å². The Labute approximate surface area is 99.4 Å². The smallest absolute Gasteiger partial charge is 0.0934 e. The Hall–Kier alpha value is -0.760. The van der Waals surface area contributed by atoms with Crippen molar-refractivity contribution in [2.24, 2.45) is 5.41 Å². The third-order valence-corrected chi connectivity index (χ3v) is 2.99. The van der Waals surface area contributed by atoms with Gasteiger partial charge < -0.3 is 9.73 Å². The number of hydrogen-bond donors (Lipinski definition) is 1. The van der Waals surface area contributed by atoms with Crippen molar-refractivity contribution in [1.29, 1.82) is 0 Å². The SMILES string of the molecule is CCCNC(CCc1ccoc1)C(C)(C)C. The number of nitrogens with one attached hydrogen (secondary N) is 1. The van der Waals surface area contributed by atoms with Gasteiger partial charge in [-0.3, -0.25) is 0 Å². The predicted octanol–water partition coefficient (Wildman–Crippen LogP) is 3.63. The monoisotopic (exact) mass is 223 g/mol. The molecular weight excluding hydrogens is 198 g/mol. The molecule has 0 saturated carbocycles. The molecule has 1 unspecified atom stereocenters. The summed E-state index contributed by atoms with van der Waals surface area (Å²) in [5, 5.41) is 3.64. The van der Waals surface area contributed by atoms with Crippen molar-refractivity contribution in [3.05, 3.63) is 24.2 Å². The summed E-state index contributed by atoms with van der Waals surface area (Å²) in [7, 11) is 0. The first-order chi connectivity index (χ1) is 7.54. The van der Waals surface area contributed by atoms with E-state index >= 15 is 0 Å². The van der Waals surface area contributed by atoms with Gasteiger partial charge in [-0.15, -0.1) is 0 Å². The van der Waals surface area contributed by atoms with Crippen LogP contribution in [-0.2, 0) is 6.42 Å². The second-order valence-corrected chi connectivity index (χ2v) is 5.54. The molecule has 2 nitrogen and oxygen atoms in total. The zero-order valence-corrected chi connectivity index (χ0v) is 11.0. The molecule has 0 saturated heterocycles. The highest BCUT2D eigenvalue weighted by Crippen LogP contribution is 2.23. The fourth-order valence-corrected chi connectivity index (χ4v) is 1.91. The van der Waals surface area contributed by atoms with Gasteiger partial charge in [-0.1, -0.05) is 27.7 Å². The summed E-state index contributed by atoms with van der Waals surface area (Å²) < 4.78 is 5.09. The van der Waals surface area contributed by atoms with Crippen LogP contribution < -0.4 is 5.32 Å². The molecular formula is C14H25NO. The highest BCUT2D eigenvalue weighted by Gasteiger charge is 2.23. The molecule has 2 heteroatoms. The molecule has 0 aliphatic rings. The Morgan fingerprint density at radius 3 is 2.62 bits per heavy atom. The van der Waals surface area contributed by atoms with Gasteiger partial charge in [0, 0.05) is 6.04 Å². The van der Waals surface area contributed by atoms with E-state index in [4.69, 9.17) is 4.42 Å². The lowest BCUT2D eigenvalue weighted by Crippen LogP contribution is -2.41. The lowest BCUT2D eigenvalue weighted by atomic mass is 9.83. The first-order valence-electron chi connectivity index (χ1n) is 6.28. The van der Waals surface area contributed by atoms with Crippen molar-refractivity contribution < 1.29 is 4.42 Å². The molecule has 0 aliphatic carbocycles. The van der Waals surface area contributed by atoms with Crippen LogP contribution in [0.25, 0.3) is 0 Å². The second kappa shape index (κ2) is 6.09. The van der Waals surface area contributed by atoms with Crippen molar-refractivity contribution in [2.45, 2.75) is 53.0 Å². The highest BCUT2D eigenvalue weighted by atomic mass is 16.3. The standard InChI is InChI=1S/C14H25NO/c1-5-9-15-13(14(2,3)4)7-6-12-8-10-16-11-12/h8,10-11,13,15H,5-7,9H2,1-4H3. The Morgan fingerprint density at radius 1 is 1.38 bits per heavy atom. The third-order valence-electron chi connectivity index (χ3n) is 2.99. The molecule has 1 heterocycles. The fraction of sp³-hybridized carbons (Fsp3) is 0.714. The summed E-state index contributed by atoms with van der Waals surface area (Å²) >= 11 is 0. The lowest BCUT2D eigenvalue weighted by Gasteiger charge is -2.31. The van der Waals surface area contributed by atoms with Crippen LogP contribution in [0.3, 0.4) is 0 Å². The number of furan rings is 1. The number of hydrogen-bond acceptors (Lipinski definition) is 2. The largest absolute Gasteiger partial charge is 0.472 e. The number of aryl methyl sites for hydroxylation is 1. The van der Waals surface area contributed by atoms with Gasteiger partial charge in [-0.2, -0.15) is 0 Å². The normalized spacial score (nSPS) is 14.0. The molecule has 1 atom stereocenters. The van der Waals surface area contributed by atoms with Crippen molar-refractivity contribution in [3.63, 3.8) is 0 Å². The van der Waals surface area contributed by atoms with Crippen molar-refractivity contribution in [2.75, 3.05) is 6.54 Å². The van der Waals surface area contributed by atoms with E-state index in [0.29, 0.717) is 11.5 Å². The Balaban J connectivity index is 2.44. The van der Waals surface area contributed by atoms with Crippen LogP contribution in [0, 0.1) is 5.41 Å². The van der Waals surface area contributed by atoms with E-state index in [9.17, 15) is 0 Å². The average molecular weight is 223 g/mol. The van der Waals surface area contributed by atoms with Gasteiger partial charge in [-0.25, -0.2) is 0 Å². The van der Waals surface area contributed by atoms with Crippen molar-refractivity contribution in [3.8, 4) is 0 Å². The third kappa shape index (κ3) is 4.40. The molecule has 0 aliphatic heterocycles. The summed E-state index contributed by atoms with van der Waals surface area (Å²) in [6, 6.07) is 2.63. The van der Waals surface area contributed by atoms with Gasteiger partial charge in [0.1, 0.15) is 0 Å². The molecule has 0 bridgehead atoms. The minimum Gasteiger partial charge on any atom is -0.472 e. The van der Waals surface area contributed by atoms with Crippen LogP contribution in [0.1, 0.15) is 46.1 Å². The molecule has 0 amide bonds. The molecule has 1 aromatic rings. The molecule has 0 aromatic carbocycles. The molecule has 0 fully saturated rings. The van der Waals surface area contributed by atoms with Crippen LogP contribution in [0.5, 0.6) is 0 Å². The fourth-order valence-electron chi connectivity index (χ4n) is 1.91. The summed E-state index contributed by atoms with van der Waals surface area (Å²) in [4.78, 5) is 0. The summed E-state index contributed by atoms with van der Waals surface area (Å²) in [6.45, 7) is 10.2. The van der Waals surface area contributed by atoms with E-state index in [-0.39, 0.29) is 0 Å². The van der Waals surface area contributed by atoms with Gasteiger partial charge in [0.05, 0.1) is 12.5 Å². The maximum absolute atomic E-state index is 5.09. The van der Waals surface area contributed by atoms with Gasteiger partial charge in [0.2, 0.25) is 0 Å². The van der Waals surface area contributed by atoms with Gasteiger partial charge >= 0.3 is 0 Å². The first kappa shape index (κ1) is 13.3. The van der Waals surface area contributed by atoms with E-state index in [1.807, 2.05) is 6.26 Å². The summed E-state index contributed by atoms with van der Waals surface area (Å²) in [5.74, 6) is 0. The van der Waals surface area contributed by atoms with Crippen LogP contribution in [-0.4, -0.2) is 12.6 Å². The van der Waals surface area contributed by atoms with Crippen LogP contribution >= 0.6 is 0 Å². The zero-order chi connectivity index (χ0) is 12.0. The molecule has 0 spiro atoms. The Bertz CT molecular complexity index is 271. The Morgan fingerprint density at radius 2 is 2.12 bits per heavy atom. The molecule has 1 aromatic heterocycles. The molecule has 0 radical (unpaired) electrons. The molecule has 92 valence electrons. The van der Waals surface area contributed by atoms with Gasteiger partial charge in [0.15, 0.2) is 0 Å². The second-order valence-electron chi connectivity index (χ2n) is 5.54.